The van der Waals surface area contributed by atoms with E-state index < -0.39 is 16.8 Å². The number of nitro groups is 1. The molecule has 1 N–H and O–H groups in total. The van der Waals surface area contributed by atoms with Gasteiger partial charge in [0.25, 0.3) is 5.69 Å². The van der Waals surface area contributed by atoms with Crippen LogP contribution in [0, 0.1) is 10.1 Å². The average molecular weight is 541 g/mol. The van der Waals surface area contributed by atoms with Crippen molar-refractivity contribution in [2.45, 2.75) is 12.8 Å². The van der Waals surface area contributed by atoms with Gasteiger partial charge in [-0.25, -0.2) is 4.79 Å². The van der Waals surface area contributed by atoms with Crippen molar-refractivity contribution in [3.8, 4) is 0 Å². The molecule has 0 bridgehead atoms. The van der Waals surface area contributed by atoms with Gasteiger partial charge in [-0.1, -0.05) is 12.1 Å². The quantitative estimate of drug-likeness (QED) is 0.227. The Morgan fingerprint density at radius 1 is 1.10 bits per heavy atom. The molecule has 2 aromatic rings. The van der Waals surface area contributed by atoms with E-state index in [0.717, 1.165) is 0 Å². The van der Waals surface area contributed by atoms with Crippen LogP contribution in [0.15, 0.2) is 35.5 Å². The number of nitro benzene ring substituents is 1. The smallest absolute Gasteiger partial charge is 0.336 e. The molecule has 13 nitrogen and oxygen atoms in total. The Morgan fingerprint density at radius 2 is 1.79 bits per heavy atom. The molecule has 13 heteroatoms. The van der Waals surface area contributed by atoms with Gasteiger partial charge in [0.15, 0.2) is 0 Å². The molecule has 1 aromatic carbocycles. The van der Waals surface area contributed by atoms with Gasteiger partial charge < -0.3 is 34.1 Å². The zero-order valence-electron chi connectivity index (χ0n) is 22.1. The number of rotatable bonds is 8. The minimum Gasteiger partial charge on any atom is -0.460 e. The van der Waals surface area contributed by atoms with Crippen molar-refractivity contribution in [1.29, 1.82) is 0 Å². The predicted octanol–water partition coefficient (Wildman–Crippen LogP) is 2.08. The molecule has 0 aliphatic carbocycles. The predicted molar refractivity (Wildman–Crippen MR) is 142 cm³/mol. The van der Waals surface area contributed by atoms with Gasteiger partial charge in [0.1, 0.15) is 18.2 Å². The van der Waals surface area contributed by atoms with Crippen molar-refractivity contribution in [2.24, 2.45) is 0 Å². The van der Waals surface area contributed by atoms with Crippen molar-refractivity contribution in [3.05, 3.63) is 56.8 Å². The standard InChI is InChI=1S/C26H32N6O7/c1-17-20(25(33)39-15-14-36-2)21(18-4-3-5-19(16-18)32(34)35)22-23(27-17)28-26(31-8-12-38-13-9-31)29-24(22)30-6-10-37-11-7-30/h3-5,16,21H,6-15H2,1-2H3,(H,27,28,29). The van der Waals surface area contributed by atoms with Gasteiger partial charge in [0, 0.05) is 56.7 Å². The van der Waals surface area contributed by atoms with E-state index in [1.54, 1.807) is 19.1 Å². The lowest BCUT2D eigenvalue weighted by Crippen LogP contribution is -2.41. The van der Waals surface area contributed by atoms with Crippen LogP contribution in [-0.2, 0) is 23.7 Å². The molecule has 0 saturated carbocycles. The number of morpholine rings is 2. The number of anilines is 3. The normalized spacial score (nSPS) is 19.4. The van der Waals surface area contributed by atoms with Gasteiger partial charge in [0.05, 0.1) is 49.4 Å². The second-order valence-corrected chi connectivity index (χ2v) is 9.39. The third-order valence-electron chi connectivity index (χ3n) is 6.96. The maximum absolute atomic E-state index is 13.5. The number of hydrogen-bond donors (Lipinski definition) is 1. The van der Waals surface area contributed by atoms with E-state index >= 15 is 0 Å². The van der Waals surface area contributed by atoms with Gasteiger partial charge in [-0.15, -0.1) is 0 Å². The molecule has 1 unspecified atom stereocenters. The largest absolute Gasteiger partial charge is 0.460 e. The summed E-state index contributed by atoms with van der Waals surface area (Å²) in [6, 6.07) is 6.32. The van der Waals surface area contributed by atoms with Crippen molar-refractivity contribution >= 4 is 29.2 Å². The number of aromatic nitrogens is 2. The Morgan fingerprint density at radius 3 is 2.46 bits per heavy atom. The molecule has 1 aromatic heterocycles. The number of allylic oxidation sites excluding steroid dienone is 1. The fourth-order valence-corrected chi connectivity index (χ4v) is 5.05. The topological polar surface area (TPSA) is 141 Å². The molecule has 1 atom stereocenters. The number of carbonyl (C=O) groups excluding carboxylic acids is 1. The highest BCUT2D eigenvalue weighted by Crippen LogP contribution is 2.46. The lowest BCUT2D eigenvalue weighted by molar-refractivity contribution is -0.384. The third-order valence-corrected chi connectivity index (χ3v) is 6.96. The fraction of sp³-hybridized carbons (Fsp3) is 0.500. The maximum Gasteiger partial charge on any atom is 0.336 e. The third kappa shape index (κ3) is 5.65. The van der Waals surface area contributed by atoms with Crippen LogP contribution in [0.3, 0.4) is 0 Å². The molecule has 0 spiro atoms. The molecule has 4 heterocycles. The SMILES string of the molecule is COCCOC(=O)C1=C(C)Nc2nc(N3CCOCC3)nc(N3CCOCC3)c2C1c1cccc([N+](=O)[O-])c1. The van der Waals surface area contributed by atoms with Crippen LogP contribution in [0.1, 0.15) is 24.0 Å². The summed E-state index contributed by atoms with van der Waals surface area (Å²) >= 11 is 0. The number of methoxy groups -OCH3 is 1. The van der Waals surface area contributed by atoms with Crippen LogP contribution in [0.5, 0.6) is 0 Å². The molecule has 5 rings (SSSR count). The van der Waals surface area contributed by atoms with Crippen molar-refractivity contribution in [3.63, 3.8) is 0 Å². The van der Waals surface area contributed by atoms with Crippen LogP contribution < -0.4 is 15.1 Å². The van der Waals surface area contributed by atoms with E-state index in [2.05, 4.69) is 15.1 Å². The Labute approximate surface area is 225 Å². The summed E-state index contributed by atoms with van der Waals surface area (Å²) < 4.78 is 21.7. The van der Waals surface area contributed by atoms with Crippen molar-refractivity contribution < 1.29 is 28.7 Å². The van der Waals surface area contributed by atoms with E-state index in [-0.39, 0.29) is 18.9 Å². The van der Waals surface area contributed by atoms with Crippen molar-refractivity contribution in [2.75, 3.05) is 88.0 Å². The molecular formula is C26H32N6O7. The number of benzene rings is 1. The number of nitrogens with one attached hydrogen (secondary N) is 1. The van der Waals surface area contributed by atoms with Gasteiger partial charge >= 0.3 is 5.97 Å². The number of fused-ring (bicyclic) bond motifs is 1. The summed E-state index contributed by atoms with van der Waals surface area (Å²) in [5.74, 6) is 0.527. The Balaban J connectivity index is 1.69. The van der Waals surface area contributed by atoms with Crippen LogP contribution in [0.25, 0.3) is 0 Å². The van der Waals surface area contributed by atoms with E-state index in [0.29, 0.717) is 92.6 Å². The highest BCUT2D eigenvalue weighted by atomic mass is 16.6. The summed E-state index contributed by atoms with van der Waals surface area (Å²) in [7, 11) is 1.53. The fourth-order valence-electron chi connectivity index (χ4n) is 5.05. The first-order chi connectivity index (χ1) is 19.0. The number of ether oxygens (including phenoxy) is 4. The first-order valence-corrected chi connectivity index (χ1v) is 12.9. The number of non-ortho nitro benzene ring substituents is 1. The molecule has 39 heavy (non-hydrogen) atoms. The first-order valence-electron chi connectivity index (χ1n) is 12.9. The Hall–Kier alpha value is -3.81. The highest BCUT2D eigenvalue weighted by molar-refractivity contribution is 5.95. The molecule has 2 saturated heterocycles. The van der Waals surface area contributed by atoms with Crippen LogP contribution >= 0.6 is 0 Å². The molecule has 208 valence electrons. The summed E-state index contributed by atoms with van der Waals surface area (Å²) in [6.07, 6.45) is 0. The maximum atomic E-state index is 13.5. The molecular weight excluding hydrogens is 508 g/mol. The van der Waals surface area contributed by atoms with E-state index in [4.69, 9.17) is 28.9 Å². The average Bonchev–Trinajstić information content (AvgIpc) is 2.96. The number of esters is 1. The van der Waals surface area contributed by atoms with Crippen LogP contribution in [0.2, 0.25) is 0 Å². The van der Waals surface area contributed by atoms with Crippen molar-refractivity contribution in [1.82, 2.24) is 9.97 Å². The highest BCUT2D eigenvalue weighted by Gasteiger charge is 2.39. The van der Waals surface area contributed by atoms with Crippen LogP contribution in [-0.4, -0.2) is 93.8 Å². The van der Waals surface area contributed by atoms with E-state index in [1.165, 1.54) is 19.2 Å². The molecule has 3 aliphatic rings. The van der Waals surface area contributed by atoms with Crippen LogP contribution in [0.4, 0.5) is 23.3 Å². The number of carbonyl (C=O) groups is 1. The monoisotopic (exact) mass is 540 g/mol. The van der Waals surface area contributed by atoms with Gasteiger partial charge in [0.2, 0.25) is 5.95 Å². The minimum atomic E-state index is -0.701. The second kappa shape index (κ2) is 11.9. The first kappa shape index (κ1) is 26.8. The summed E-state index contributed by atoms with van der Waals surface area (Å²) in [5, 5.41) is 15.0. The van der Waals surface area contributed by atoms with Gasteiger partial charge in [-0.05, 0) is 12.5 Å². The van der Waals surface area contributed by atoms with Gasteiger partial charge in [-0.3, -0.25) is 10.1 Å². The number of hydrogen-bond acceptors (Lipinski definition) is 12. The second-order valence-electron chi connectivity index (χ2n) is 9.39. The summed E-state index contributed by atoms with van der Waals surface area (Å²) in [6.45, 7) is 6.82. The summed E-state index contributed by atoms with van der Waals surface area (Å²) in [4.78, 5) is 38.8. The lowest BCUT2D eigenvalue weighted by Gasteiger charge is -2.37. The zero-order chi connectivity index (χ0) is 27.4. The molecule has 3 aliphatic heterocycles. The minimum absolute atomic E-state index is 0.0728. The molecule has 0 radical (unpaired) electrons. The molecule has 2 fully saturated rings. The van der Waals surface area contributed by atoms with E-state index in [9.17, 15) is 14.9 Å². The number of nitrogens with zero attached hydrogens (tertiary/aromatic N) is 5. The molecule has 0 amide bonds. The Kier molecular flexibility index (Phi) is 8.19. The van der Waals surface area contributed by atoms with Gasteiger partial charge in [-0.2, -0.15) is 9.97 Å². The van der Waals surface area contributed by atoms with E-state index in [1.807, 2.05) is 0 Å². The zero-order valence-corrected chi connectivity index (χ0v) is 22.1. The lowest BCUT2D eigenvalue weighted by atomic mass is 9.81. The summed E-state index contributed by atoms with van der Waals surface area (Å²) in [5.41, 5.74) is 2.06. The Bertz CT molecular complexity index is 1260.